The average Bonchev–Trinajstić information content (AvgIpc) is 2.92. The summed E-state index contributed by atoms with van der Waals surface area (Å²) in [5.41, 5.74) is 5.57. The van der Waals surface area contributed by atoms with E-state index in [4.69, 9.17) is 0 Å². The van der Waals surface area contributed by atoms with Crippen molar-refractivity contribution in [2.24, 2.45) is 0 Å². The van der Waals surface area contributed by atoms with Crippen molar-refractivity contribution in [1.29, 1.82) is 0 Å². The first-order chi connectivity index (χ1) is 12.3. The molecule has 4 nitrogen and oxygen atoms in total. The van der Waals surface area contributed by atoms with E-state index in [2.05, 4.69) is 50.1 Å². The van der Waals surface area contributed by atoms with Crippen LogP contribution in [-0.4, -0.2) is 15.3 Å². The zero-order valence-corrected chi connectivity index (χ0v) is 16.3. The number of pyridine rings is 1. The largest absolute Gasteiger partial charge is 0.321 e. The molecular weight excluding hydrogens is 322 g/mol. The van der Waals surface area contributed by atoms with Crippen molar-refractivity contribution in [2.75, 3.05) is 5.32 Å². The van der Waals surface area contributed by atoms with Gasteiger partial charge in [0, 0.05) is 11.9 Å². The van der Waals surface area contributed by atoms with Crippen LogP contribution in [0.4, 0.5) is 5.69 Å². The lowest BCUT2D eigenvalue weighted by atomic mass is 9.87. The van der Waals surface area contributed by atoms with Gasteiger partial charge in [0.25, 0.3) is 5.91 Å². The summed E-state index contributed by atoms with van der Waals surface area (Å²) in [5, 5.41) is 3.03. The van der Waals surface area contributed by atoms with Crippen molar-refractivity contribution in [3.63, 3.8) is 0 Å². The van der Waals surface area contributed by atoms with Gasteiger partial charge in [-0.1, -0.05) is 46.2 Å². The molecule has 136 valence electrons. The molecule has 0 bridgehead atoms. The number of fused-ring (bicyclic) bond motifs is 1. The number of hydrogen-bond acceptors (Lipinski definition) is 2. The van der Waals surface area contributed by atoms with Crippen LogP contribution in [0.5, 0.6) is 0 Å². The minimum atomic E-state index is -0.117. The van der Waals surface area contributed by atoms with Gasteiger partial charge in [-0.25, -0.2) is 4.98 Å². The number of anilines is 1. The Balaban J connectivity index is 1.93. The number of aromatic nitrogens is 2. The average molecular weight is 349 g/mol. The second-order valence-electron chi connectivity index (χ2n) is 7.87. The molecule has 0 aliphatic heterocycles. The predicted octanol–water partition coefficient (Wildman–Crippen LogP) is 5.15. The van der Waals surface area contributed by atoms with Crippen molar-refractivity contribution in [3.8, 4) is 0 Å². The van der Waals surface area contributed by atoms with Crippen LogP contribution in [0.2, 0.25) is 0 Å². The Morgan fingerprint density at radius 1 is 1.15 bits per heavy atom. The van der Waals surface area contributed by atoms with E-state index in [0.29, 0.717) is 5.69 Å². The summed E-state index contributed by atoms with van der Waals surface area (Å²) in [7, 11) is 0. The third kappa shape index (κ3) is 3.64. The van der Waals surface area contributed by atoms with Crippen molar-refractivity contribution < 1.29 is 4.79 Å². The Hall–Kier alpha value is -2.62. The molecule has 1 N–H and O–H groups in total. The number of hydrogen-bond donors (Lipinski definition) is 1. The third-order valence-electron chi connectivity index (χ3n) is 4.56. The molecule has 1 aromatic carbocycles. The summed E-state index contributed by atoms with van der Waals surface area (Å²) in [6.07, 6.45) is 3.66. The van der Waals surface area contributed by atoms with Crippen molar-refractivity contribution in [1.82, 2.24) is 9.38 Å². The van der Waals surface area contributed by atoms with Crippen LogP contribution in [0.1, 0.15) is 61.4 Å². The highest BCUT2D eigenvalue weighted by molar-refractivity contribution is 6.04. The molecular formula is C22H27N3O. The number of carbonyl (C=O) groups is 1. The molecule has 0 aliphatic carbocycles. The second kappa shape index (κ2) is 6.94. The summed E-state index contributed by atoms with van der Waals surface area (Å²) in [6, 6.07) is 12.1. The van der Waals surface area contributed by atoms with Gasteiger partial charge in [-0.15, -0.1) is 0 Å². The van der Waals surface area contributed by atoms with Crippen LogP contribution in [0.25, 0.3) is 5.65 Å². The number of imidazole rings is 1. The van der Waals surface area contributed by atoms with E-state index in [1.807, 2.05) is 41.8 Å². The standard InChI is InChI=1S/C22H27N3O/c1-6-7-18-20(25-13-12-15(2)14-19(25)24-18)21(26)23-17-10-8-16(9-11-17)22(3,4)5/h8-14H,6-7H2,1-5H3,(H,23,26). The molecule has 0 atom stereocenters. The molecule has 0 radical (unpaired) electrons. The minimum absolute atomic E-state index is 0.0936. The summed E-state index contributed by atoms with van der Waals surface area (Å²) in [4.78, 5) is 17.7. The second-order valence-corrected chi connectivity index (χ2v) is 7.87. The number of nitrogens with one attached hydrogen (secondary N) is 1. The Morgan fingerprint density at radius 2 is 1.85 bits per heavy atom. The molecule has 4 heteroatoms. The maximum Gasteiger partial charge on any atom is 0.274 e. The summed E-state index contributed by atoms with van der Waals surface area (Å²) in [5.74, 6) is -0.117. The topological polar surface area (TPSA) is 46.4 Å². The van der Waals surface area contributed by atoms with E-state index in [1.54, 1.807) is 0 Å². The van der Waals surface area contributed by atoms with Crippen LogP contribution >= 0.6 is 0 Å². The third-order valence-corrected chi connectivity index (χ3v) is 4.56. The van der Waals surface area contributed by atoms with Gasteiger partial charge >= 0.3 is 0 Å². The van der Waals surface area contributed by atoms with Crippen molar-refractivity contribution >= 4 is 17.2 Å². The van der Waals surface area contributed by atoms with E-state index in [0.717, 1.165) is 35.4 Å². The summed E-state index contributed by atoms with van der Waals surface area (Å²) in [6.45, 7) is 10.7. The molecule has 0 saturated heterocycles. The van der Waals surface area contributed by atoms with Gasteiger partial charge in [0.1, 0.15) is 11.3 Å². The number of carbonyl (C=O) groups excluding carboxylic acids is 1. The highest BCUT2D eigenvalue weighted by atomic mass is 16.2. The van der Waals surface area contributed by atoms with Crippen molar-refractivity contribution in [2.45, 2.75) is 52.9 Å². The molecule has 0 saturated carbocycles. The SMILES string of the molecule is CCCc1nc2cc(C)ccn2c1C(=O)Nc1ccc(C(C)(C)C)cc1. The van der Waals surface area contributed by atoms with Gasteiger partial charge in [-0.3, -0.25) is 9.20 Å². The van der Waals surface area contributed by atoms with Crippen LogP contribution in [0, 0.1) is 6.92 Å². The zero-order chi connectivity index (χ0) is 18.9. The Bertz CT molecular complexity index is 930. The highest BCUT2D eigenvalue weighted by Gasteiger charge is 2.19. The molecule has 1 amide bonds. The first-order valence-electron chi connectivity index (χ1n) is 9.19. The van der Waals surface area contributed by atoms with Gasteiger partial charge < -0.3 is 5.32 Å². The molecule has 26 heavy (non-hydrogen) atoms. The zero-order valence-electron chi connectivity index (χ0n) is 16.3. The van der Waals surface area contributed by atoms with Crippen LogP contribution < -0.4 is 5.32 Å². The fourth-order valence-corrected chi connectivity index (χ4v) is 3.09. The van der Waals surface area contributed by atoms with Crippen molar-refractivity contribution in [3.05, 3.63) is 65.1 Å². The smallest absolute Gasteiger partial charge is 0.274 e. The lowest BCUT2D eigenvalue weighted by Crippen LogP contribution is -2.17. The van der Waals surface area contributed by atoms with Gasteiger partial charge in [0.05, 0.1) is 5.69 Å². The van der Waals surface area contributed by atoms with E-state index in [1.165, 1.54) is 5.56 Å². The van der Waals surface area contributed by atoms with Gasteiger partial charge in [0.15, 0.2) is 0 Å². The van der Waals surface area contributed by atoms with E-state index in [-0.39, 0.29) is 11.3 Å². The van der Waals surface area contributed by atoms with Gasteiger partial charge in [-0.05, 0) is 54.2 Å². The first kappa shape index (κ1) is 18.2. The molecule has 0 unspecified atom stereocenters. The molecule has 0 aliphatic rings. The Morgan fingerprint density at radius 3 is 2.46 bits per heavy atom. The van der Waals surface area contributed by atoms with Crippen LogP contribution in [-0.2, 0) is 11.8 Å². The van der Waals surface area contributed by atoms with E-state index in [9.17, 15) is 4.79 Å². The molecule has 3 rings (SSSR count). The van der Waals surface area contributed by atoms with Gasteiger partial charge in [0.2, 0.25) is 0 Å². The van der Waals surface area contributed by atoms with Gasteiger partial charge in [-0.2, -0.15) is 0 Å². The summed E-state index contributed by atoms with van der Waals surface area (Å²) < 4.78 is 1.89. The first-order valence-corrected chi connectivity index (χ1v) is 9.19. The van der Waals surface area contributed by atoms with Crippen LogP contribution in [0.15, 0.2) is 42.6 Å². The quantitative estimate of drug-likeness (QED) is 0.708. The highest BCUT2D eigenvalue weighted by Crippen LogP contribution is 2.24. The molecule has 2 aromatic heterocycles. The maximum atomic E-state index is 13.0. The number of amides is 1. The Kier molecular flexibility index (Phi) is 4.86. The summed E-state index contributed by atoms with van der Waals surface area (Å²) >= 11 is 0. The number of nitrogens with zero attached hydrogens (tertiary/aromatic N) is 2. The number of aryl methyl sites for hydroxylation is 2. The van der Waals surface area contributed by atoms with Crippen LogP contribution in [0.3, 0.4) is 0 Å². The minimum Gasteiger partial charge on any atom is -0.321 e. The van der Waals surface area contributed by atoms with E-state index < -0.39 is 0 Å². The molecule has 0 spiro atoms. The fourth-order valence-electron chi connectivity index (χ4n) is 3.09. The monoisotopic (exact) mass is 349 g/mol. The number of benzene rings is 1. The Labute approximate surface area is 155 Å². The van der Waals surface area contributed by atoms with E-state index >= 15 is 0 Å². The number of rotatable bonds is 4. The molecule has 3 aromatic rings. The lowest BCUT2D eigenvalue weighted by molar-refractivity contribution is 0.102. The maximum absolute atomic E-state index is 13.0. The molecule has 2 heterocycles. The molecule has 0 fully saturated rings. The fraction of sp³-hybridized carbons (Fsp3) is 0.364. The lowest BCUT2D eigenvalue weighted by Gasteiger charge is -2.19. The normalized spacial score (nSPS) is 11.7. The predicted molar refractivity (Wildman–Crippen MR) is 107 cm³/mol.